The fraction of sp³-hybridized carbons (Fsp3) is 0.222. The Morgan fingerprint density at radius 2 is 2.00 bits per heavy atom. The smallest absolute Gasteiger partial charge is 0.207 e. The van der Waals surface area contributed by atoms with Crippen LogP contribution in [-0.2, 0) is 4.79 Å². The highest BCUT2D eigenvalue weighted by Gasteiger charge is 2.02. The van der Waals surface area contributed by atoms with Crippen LogP contribution in [0.15, 0.2) is 24.3 Å². The predicted molar refractivity (Wildman–Crippen MR) is 44.0 cm³/mol. The van der Waals surface area contributed by atoms with Gasteiger partial charge in [0.15, 0.2) is 0 Å². The molecule has 0 bridgehead atoms. The second-order valence-electron chi connectivity index (χ2n) is 2.56. The van der Waals surface area contributed by atoms with E-state index in [1.165, 1.54) is 12.1 Å². The molecular formula is C9H10FNO. The van der Waals surface area contributed by atoms with Crippen molar-refractivity contribution in [3.63, 3.8) is 0 Å². The lowest BCUT2D eigenvalue weighted by Crippen LogP contribution is -2.15. The van der Waals surface area contributed by atoms with E-state index >= 15 is 0 Å². The Bertz CT molecular complexity index is 258. The number of halogens is 1. The SMILES string of the molecule is CC(NC=O)c1ccc(F)cc1. The lowest BCUT2D eigenvalue weighted by atomic mass is 10.1. The Morgan fingerprint density at radius 3 is 2.50 bits per heavy atom. The van der Waals surface area contributed by atoms with Crippen molar-refractivity contribution in [1.29, 1.82) is 0 Å². The molecular weight excluding hydrogens is 157 g/mol. The largest absolute Gasteiger partial charge is 0.352 e. The third-order valence-corrected chi connectivity index (χ3v) is 1.69. The van der Waals surface area contributed by atoms with Gasteiger partial charge in [0.25, 0.3) is 0 Å². The average molecular weight is 167 g/mol. The van der Waals surface area contributed by atoms with Gasteiger partial charge in [0.1, 0.15) is 5.82 Å². The molecule has 0 aliphatic heterocycles. The first-order valence-electron chi connectivity index (χ1n) is 3.69. The van der Waals surface area contributed by atoms with E-state index in [0.29, 0.717) is 6.41 Å². The summed E-state index contributed by atoms with van der Waals surface area (Å²) in [4.78, 5) is 10.1. The second-order valence-corrected chi connectivity index (χ2v) is 2.56. The van der Waals surface area contributed by atoms with Crippen LogP contribution in [0, 0.1) is 5.82 Å². The van der Waals surface area contributed by atoms with E-state index in [1.807, 2.05) is 6.92 Å². The molecule has 2 nitrogen and oxygen atoms in total. The minimum absolute atomic E-state index is 0.0666. The molecule has 0 fully saturated rings. The van der Waals surface area contributed by atoms with Gasteiger partial charge in [-0.2, -0.15) is 0 Å². The molecule has 0 radical (unpaired) electrons. The molecule has 0 saturated heterocycles. The van der Waals surface area contributed by atoms with Gasteiger partial charge in [-0.15, -0.1) is 0 Å². The van der Waals surface area contributed by atoms with Crippen LogP contribution < -0.4 is 5.32 Å². The fourth-order valence-corrected chi connectivity index (χ4v) is 0.950. The Labute approximate surface area is 70.4 Å². The van der Waals surface area contributed by atoms with Gasteiger partial charge in [-0.1, -0.05) is 12.1 Å². The Morgan fingerprint density at radius 1 is 1.42 bits per heavy atom. The fourth-order valence-electron chi connectivity index (χ4n) is 0.950. The van der Waals surface area contributed by atoms with Crippen molar-refractivity contribution in [2.24, 2.45) is 0 Å². The van der Waals surface area contributed by atoms with Crippen LogP contribution in [0.1, 0.15) is 18.5 Å². The summed E-state index contributed by atoms with van der Waals surface area (Å²) in [6.07, 6.45) is 0.633. The first-order valence-corrected chi connectivity index (χ1v) is 3.69. The summed E-state index contributed by atoms with van der Waals surface area (Å²) >= 11 is 0. The monoisotopic (exact) mass is 167 g/mol. The van der Waals surface area contributed by atoms with Crippen LogP contribution in [-0.4, -0.2) is 6.41 Å². The van der Waals surface area contributed by atoms with Crippen LogP contribution >= 0.6 is 0 Å². The zero-order chi connectivity index (χ0) is 8.97. The molecule has 3 heteroatoms. The van der Waals surface area contributed by atoms with E-state index < -0.39 is 0 Å². The standard InChI is InChI=1S/C9H10FNO/c1-7(11-6-12)8-2-4-9(10)5-3-8/h2-7H,1H3,(H,11,12). The molecule has 0 saturated carbocycles. The topological polar surface area (TPSA) is 29.1 Å². The number of benzene rings is 1. The summed E-state index contributed by atoms with van der Waals surface area (Å²) in [5, 5.41) is 2.58. The van der Waals surface area contributed by atoms with Crippen molar-refractivity contribution >= 4 is 6.41 Å². The van der Waals surface area contributed by atoms with E-state index in [0.717, 1.165) is 5.56 Å². The highest BCUT2D eigenvalue weighted by molar-refractivity contribution is 5.47. The van der Waals surface area contributed by atoms with Gasteiger partial charge in [0.05, 0.1) is 6.04 Å². The Balaban J connectivity index is 2.74. The number of hydrogen-bond acceptors (Lipinski definition) is 1. The summed E-state index contributed by atoms with van der Waals surface area (Å²) in [5.41, 5.74) is 0.892. The molecule has 64 valence electrons. The maximum absolute atomic E-state index is 12.4. The van der Waals surface area contributed by atoms with Crippen molar-refractivity contribution in [3.05, 3.63) is 35.6 Å². The number of carbonyl (C=O) groups excluding carboxylic acids is 1. The summed E-state index contributed by atoms with van der Waals surface area (Å²) in [7, 11) is 0. The molecule has 0 aliphatic rings. The number of nitrogens with one attached hydrogen (secondary N) is 1. The minimum Gasteiger partial charge on any atom is -0.352 e. The summed E-state index contributed by atoms with van der Waals surface area (Å²) in [6, 6.07) is 5.98. The highest BCUT2D eigenvalue weighted by atomic mass is 19.1. The normalized spacial score (nSPS) is 12.2. The van der Waals surface area contributed by atoms with Crippen molar-refractivity contribution in [3.8, 4) is 0 Å². The van der Waals surface area contributed by atoms with Crippen LogP contribution in [0.3, 0.4) is 0 Å². The van der Waals surface area contributed by atoms with Gasteiger partial charge in [-0.25, -0.2) is 4.39 Å². The quantitative estimate of drug-likeness (QED) is 0.681. The van der Waals surface area contributed by atoms with Crippen molar-refractivity contribution in [1.82, 2.24) is 5.32 Å². The number of rotatable bonds is 3. The first kappa shape index (κ1) is 8.71. The molecule has 1 aromatic carbocycles. The Hall–Kier alpha value is -1.38. The van der Waals surface area contributed by atoms with Crippen molar-refractivity contribution in [2.75, 3.05) is 0 Å². The molecule has 1 N–H and O–H groups in total. The first-order chi connectivity index (χ1) is 5.74. The highest BCUT2D eigenvalue weighted by Crippen LogP contribution is 2.11. The summed E-state index contributed by atoms with van der Waals surface area (Å²) < 4.78 is 12.4. The molecule has 0 heterocycles. The zero-order valence-electron chi connectivity index (χ0n) is 6.75. The van der Waals surface area contributed by atoms with Gasteiger partial charge in [-0.3, -0.25) is 4.79 Å². The van der Waals surface area contributed by atoms with Gasteiger partial charge in [0.2, 0.25) is 6.41 Å². The lowest BCUT2D eigenvalue weighted by Gasteiger charge is -2.09. The predicted octanol–water partition coefficient (Wildman–Crippen LogP) is 1.63. The summed E-state index contributed by atoms with van der Waals surface area (Å²) in [5.74, 6) is -0.267. The molecule has 1 atom stereocenters. The van der Waals surface area contributed by atoms with E-state index in [4.69, 9.17) is 0 Å². The number of hydrogen-bond donors (Lipinski definition) is 1. The third-order valence-electron chi connectivity index (χ3n) is 1.69. The maximum atomic E-state index is 12.4. The van der Waals surface area contributed by atoms with E-state index in [9.17, 15) is 9.18 Å². The molecule has 1 amide bonds. The zero-order valence-corrected chi connectivity index (χ0v) is 6.75. The molecule has 1 aromatic rings. The van der Waals surface area contributed by atoms with E-state index in [-0.39, 0.29) is 11.9 Å². The second kappa shape index (κ2) is 3.85. The van der Waals surface area contributed by atoms with Crippen LogP contribution in [0.4, 0.5) is 4.39 Å². The van der Waals surface area contributed by atoms with Crippen molar-refractivity contribution in [2.45, 2.75) is 13.0 Å². The molecule has 0 aliphatic carbocycles. The molecule has 1 rings (SSSR count). The van der Waals surface area contributed by atoms with Crippen LogP contribution in [0.5, 0.6) is 0 Å². The third kappa shape index (κ3) is 2.05. The summed E-state index contributed by atoms with van der Waals surface area (Å²) in [6.45, 7) is 1.83. The van der Waals surface area contributed by atoms with E-state index in [1.54, 1.807) is 12.1 Å². The molecule has 0 spiro atoms. The van der Waals surface area contributed by atoms with Gasteiger partial charge in [0, 0.05) is 0 Å². The Kier molecular flexibility index (Phi) is 2.80. The van der Waals surface area contributed by atoms with Gasteiger partial charge in [-0.05, 0) is 24.6 Å². The van der Waals surface area contributed by atoms with Crippen LogP contribution in [0.2, 0.25) is 0 Å². The lowest BCUT2D eigenvalue weighted by molar-refractivity contribution is -0.110. The number of amides is 1. The molecule has 0 aromatic heterocycles. The maximum Gasteiger partial charge on any atom is 0.207 e. The van der Waals surface area contributed by atoms with Crippen LogP contribution in [0.25, 0.3) is 0 Å². The van der Waals surface area contributed by atoms with Gasteiger partial charge >= 0.3 is 0 Å². The molecule has 12 heavy (non-hydrogen) atoms. The van der Waals surface area contributed by atoms with E-state index in [2.05, 4.69) is 5.32 Å². The van der Waals surface area contributed by atoms with Gasteiger partial charge < -0.3 is 5.32 Å². The number of carbonyl (C=O) groups is 1. The molecule has 1 unspecified atom stereocenters. The minimum atomic E-state index is -0.267. The van der Waals surface area contributed by atoms with Crippen molar-refractivity contribution < 1.29 is 9.18 Å². The average Bonchev–Trinajstić information content (AvgIpc) is 2.06.